The lowest BCUT2D eigenvalue weighted by molar-refractivity contribution is -0.122. The van der Waals surface area contributed by atoms with Gasteiger partial charge in [0.05, 0.1) is 5.54 Å². The number of rotatable bonds is 6. The predicted octanol–water partition coefficient (Wildman–Crippen LogP) is 3.50. The second-order valence-electron chi connectivity index (χ2n) is 5.76. The monoisotopic (exact) mass is 274 g/mol. The summed E-state index contributed by atoms with van der Waals surface area (Å²) in [7, 11) is 0. The number of aryl methyl sites for hydroxylation is 1. The van der Waals surface area contributed by atoms with Crippen LogP contribution in [-0.2, 0) is 11.2 Å². The van der Waals surface area contributed by atoms with E-state index in [1.165, 1.54) is 5.56 Å². The molecule has 1 saturated heterocycles. The van der Waals surface area contributed by atoms with E-state index in [0.717, 1.165) is 50.8 Å². The lowest BCUT2D eigenvalue weighted by Gasteiger charge is -2.27. The van der Waals surface area contributed by atoms with Crippen LogP contribution < -0.4 is 10.6 Å². The van der Waals surface area contributed by atoms with Gasteiger partial charge in [0, 0.05) is 5.69 Å². The highest BCUT2D eigenvalue weighted by Gasteiger charge is 2.39. The van der Waals surface area contributed by atoms with Crippen molar-refractivity contribution in [1.82, 2.24) is 5.32 Å². The fourth-order valence-electron chi connectivity index (χ4n) is 3.05. The third-order valence-corrected chi connectivity index (χ3v) is 4.11. The fourth-order valence-corrected chi connectivity index (χ4v) is 3.05. The second-order valence-corrected chi connectivity index (χ2v) is 5.76. The van der Waals surface area contributed by atoms with Gasteiger partial charge in [-0.2, -0.15) is 0 Å². The Morgan fingerprint density at radius 2 is 2.00 bits per heavy atom. The van der Waals surface area contributed by atoms with Crippen LogP contribution in [0.4, 0.5) is 5.69 Å². The summed E-state index contributed by atoms with van der Waals surface area (Å²) < 4.78 is 0. The molecule has 1 fully saturated rings. The molecule has 1 aliphatic rings. The van der Waals surface area contributed by atoms with Crippen molar-refractivity contribution in [2.24, 2.45) is 0 Å². The van der Waals surface area contributed by atoms with Crippen molar-refractivity contribution in [3.8, 4) is 0 Å². The third kappa shape index (κ3) is 3.40. The van der Waals surface area contributed by atoms with Gasteiger partial charge in [-0.25, -0.2) is 0 Å². The van der Waals surface area contributed by atoms with E-state index < -0.39 is 0 Å². The number of nitrogens with one attached hydrogen (secondary N) is 2. The maximum absolute atomic E-state index is 12.6. The SMILES string of the molecule is CCCc1ccc(NC(=O)C2(CCC)CCCN2)cc1. The zero-order valence-electron chi connectivity index (χ0n) is 12.7. The molecule has 1 amide bonds. The first-order valence-electron chi connectivity index (χ1n) is 7.85. The molecule has 2 N–H and O–H groups in total. The molecule has 0 spiro atoms. The molecule has 1 unspecified atom stereocenters. The topological polar surface area (TPSA) is 41.1 Å². The van der Waals surface area contributed by atoms with Crippen LogP contribution in [0.25, 0.3) is 0 Å². The minimum absolute atomic E-state index is 0.125. The van der Waals surface area contributed by atoms with Crippen LogP contribution in [0.1, 0.15) is 51.5 Å². The summed E-state index contributed by atoms with van der Waals surface area (Å²) in [5.74, 6) is 0.125. The molecule has 1 aromatic carbocycles. The quantitative estimate of drug-likeness (QED) is 0.833. The fraction of sp³-hybridized carbons (Fsp3) is 0.588. The Hall–Kier alpha value is -1.35. The molecule has 1 aromatic rings. The first-order chi connectivity index (χ1) is 9.70. The molecule has 0 bridgehead atoms. The lowest BCUT2D eigenvalue weighted by Crippen LogP contribution is -2.50. The molecule has 1 heterocycles. The van der Waals surface area contributed by atoms with Crippen LogP contribution in [0.5, 0.6) is 0 Å². The maximum atomic E-state index is 12.6. The Morgan fingerprint density at radius 3 is 2.55 bits per heavy atom. The molecule has 1 atom stereocenters. The Morgan fingerprint density at radius 1 is 1.25 bits per heavy atom. The Labute approximate surface area is 122 Å². The van der Waals surface area contributed by atoms with E-state index in [1.54, 1.807) is 0 Å². The normalized spacial score (nSPS) is 21.9. The van der Waals surface area contributed by atoms with Gasteiger partial charge in [0.1, 0.15) is 0 Å². The van der Waals surface area contributed by atoms with Gasteiger partial charge in [0.2, 0.25) is 5.91 Å². The largest absolute Gasteiger partial charge is 0.324 e. The highest BCUT2D eigenvalue weighted by atomic mass is 16.2. The smallest absolute Gasteiger partial charge is 0.244 e. The van der Waals surface area contributed by atoms with Crippen LogP contribution in [0.3, 0.4) is 0 Å². The zero-order valence-corrected chi connectivity index (χ0v) is 12.7. The summed E-state index contributed by atoms with van der Waals surface area (Å²) in [5, 5.41) is 6.49. The second kappa shape index (κ2) is 6.89. The molecule has 0 saturated carbocycles. The summed E-state index contributed by atoms with van der Waals surface area (Å²) in [6.07, 6.45) is 6.21. The van der Waals surface area contributed by atoms with Crippen molar-refractivity contribution in [1.29, 1.82) is 0 Å². The first kappa shape index (κ1) is 15.0. The average molecular weight is 274 g/mol. The minimum atomic E-state index is -0.350. The average Bonchev–Trinajstić information content (AvgIpc) is 2.92. The number of benzene rings is 1. The molecule has 110 valence electrons. The molecule has 1 aliphatic heterocycles. The van der Waals surface area contributed by atoms with Gasteiger partial charge in [-0.1, -0.05) is 38.8 Å². The molecule has 0 aliphatic carbocycles. The van der Waals surface area contributed by atoms with Crippen LogP contribution in [0.2, 0.25) is 0 Å². The Kier molecular flexibility index (Phi) is 5.18. The van der Waals surface area contributed by atoms with Crippen molar-refractivity contribution in [2.75, 3.05) is 11.9 Å². The third-order valence-electron chi connectivity index (χ3n) is 4.11. The summed E-state index contributed by atoms with van der Waals surface area (Å²) in [4.78, 5) is 12.6. The van der Waals surface area contributed by atoms with E-state index in [4.69, 9.17) is 0 Å². The first-order valence-corrected chi connectivity index (χ1v) is 7.85. The lowest BCUT2D eigenvalue weighted by atomic mass is 9.90. The zero-order chi connectivity index (χ0) is 14.4. The number of anilines is 1. The van der Waals surface area contributed by atoms with Crippen LogP contribution in [-0.4, -0.2) is 18.0 Å². The van der Waals surface area contributed by atoms with E-state index in [2.05, 4.69) is 36.6 Å². The van der Waals surface area contributed by atoms with Crippen molar-refractivity contribution >= 4 is 11.6 Å². The molecule has 3 nitrogen and oxygen atoms in total. The van der Waals surface area contributed by atoms with Gasteiger partial charge in [-0.15, -0.1) is 0 Å². The van der Waals surface area contributed by atoms with Gasteiger partial charge in [-0.05, 0) is 49.9 Å². The van der Waals surface area contributed by atoms with E-state index in [9.17, 15) is 4.79 Å². The van der Waals surface area contributed by atoms with Crippen LogP contribution in [0, 0.1) is 0 Å². The van der Waals surface area contributed by atoms with Gasteiger partial charge in [0.25, 0.3) is 0 Å². The predicted molar refractivity (Wildman–Crippen MR) is 83.9 cm³/mol. The van der Waals surface area contributed by atoms with Crippen LogP contribution >= 0.6 is 0 Å². The highest BCUT2D eigenvalue weighted by Crippen LogP contribution is 2.26. The Balaban J connectivity index is 2.02. The maximum Gasteiger partial charge on any atom is 0.244 e. The van der Waals surface area contributed by atoms with Gasteiger partial charge < -0.3 is 10.6 Å². The molecule has 3 heteroatoms. The summed E-state index contributed by atoms with van der Waals surface area (Å²) >= 11 is 0. The van der Waals surface area contributed by atoms with Gasteiger partial charge in [-0.3, -0.25) is 4.79 Å². The van der Waals surface area contributed by atoms with Crippen LogP contribution in [0.15, 0.2) is 24.3 Å². The molecule has 0 aromatic heterocycles. The van der Waals surface area contributed by atoms with E-state index in [-0.39, 0.29) is 11.4 Å². The molecule has 0 radical (unpaired) electrons. The number of carbonyl (C=O) groups excluding carboxylic acids is 1. The standard InChI is InChI=1S/C17H26N2O/c1-3-6-14-7-9-15(10-8-14)19-16(20)17(11-4-2)12-5-13-18-17/h7-10,18H,3-6,11-13H2,1-2H3,(H,19,20). The van der Waals surface area contributed by atoms with Gasteiger partial charge in [0.15, 0.2) is 0 Å². The number of amides is 1. The number of carbonyl (C=O) groups is 1. The minimum Gasteiger partial charge on any atom is -0.324 e. The Bertz CT molecular complexity index is 433. The number of hydrogen-bond acceptors (Lipinski definition) is 2. The summed E-state index contributed by atoms with van der Waals surface area (Å²) in [5.41, 5.74) is 1.88. The van der Waals surface area contributed by atoms with E-state index in [1.807, 2.05) is 12.1 Å². The number of hydrogen-bond donors (Lipinski definition) is 2. The van der Waals surface area contributed by atoms with Crippen molar-refractivity contribution in [2.45, 2.75) is 57.9 Å². The summed E-state index contributed by atoms with van der Waals surface area (Å²) in [6, 6.07) is 8.23. The molecule has 20 heavy (non-hydrogen) atoms. The van der Waals surface area contributed by atoms with E-state index >= 15 is 0 Å². The molecular formula is C17H26N2O. The van der Waals surface area contributed by atoms with Crippen molar-refractivity contribution in [3.63, 3.8) is 0 Å². The highest BCUT2D eigenvalue weighted by molar-refractivity contribution is 5.98. The van der Waals surface area contributed by atoms with Gasteiger partial charge >= 0.3 is 0 Å². The van der Waals surface area contributed by atoms with E-state index in [0.29, 0.717) is 0 Å². The van der Waals surface area contributed by atoms with Crippen molar-refractivity contribution < 1.29 is 4.79 Å². The van der Waals surface area contributed by atoms with Crippen molar-refractivity contribution in [3.05, 3.63) is 29.8 Å². The molecular weight excluding hydrogens is 248 g/mol. The summed E-state index contributed by atoms with van der Waals surface area (Å²) in [6.45, 7) is 5.26. The molecule has 2 rings (SSSR count).